The molecule has 1 heterocycles. The summed E-state index contributed by atoms with van der Waals surface area (Å²) in [4.78, 5) is 0. The third-order valence-electron chi connectivity index (χ3n) is 2.43. The van der Waals surface area contributed by atoms with Crippen LogP contribution in [0.2, 0.25) is 5.02 Å². The van der Waals surface area contributed by atoms with E-state index in [2.05, 4.69) is 10.0 Å². The third kappa shape index (κ3) is 3.66. The third-order valence-corrected chi connectivity index (χ3v) is 4.79. The van der Waals surface area contributed by atoms with E-state index in [0.717, 1.165) is 0 Å². The molecule has 0 fully saturated rings. The summed E-state index contributed by atoms with van der Waals surface area (Å²) in [5.41, 5.74) is 0.460. The van der Waals surface area contributed by atoms with Gasteiger partial charge in [0.15, 0.2) is 0 Å². The zero-order valence-corrected chi connectivity index (χ0v) is 14.2. The summed E-state index contributed by atoms with van der Waals surface area (Å²) >= 11 is 7.85. The topological polar surface area (TPSA) is 71.3 Å². The minimum absolute atomic E-state index is 0.117. The number of nitrogens with one attached hydrogen (secondary N) is 2. The Morgan fingerprint density at radius 3 is 2.70 bits per heavy atom. The van der Waals surface area contributed by atoms with Crippen LogP contribution in [0.5, 0.6) is 0 Å². The second kappa shape index (κ2) is 6.33. The van der Waals surface area contributed by atoms with Crippen molar-refractivity contribution >= 4 is 49.9 Å². The molecule has 2 N–H and O–H groups in total. The molecule has 2 aromatic rings. The van der Waals surface area contributed by atoms with Crippen LogP contribution in [0.3, 0.4) is 0 Å². The molecule has 0 aliphatic rings. The minimum Gasteiger partial charge on any atom is -0.446 e. The maximum atomic E-state index is 12.2. The minimum atomic E-state index is -3.74. The lowest BCUT2D eigenvalue weighted by molar-refractivity contribution is 0.408. The van der Waals surface area contributed by atoms with Crippen LogP contribution in [0, 0.1) is 3.57 Å². The second-order valence-corrected chi connectivity index (χ2v) is 7.19. The lowest BCUT2D eigenvalue weighted by atomic mass is 10.3. The van der Waals surface area contributed by atoms with Gasteiger partial charge in [-0.15, -0.1) is 0 Å². The van der Waals surface area contributed by atoms with E-state index in [9.17, 15) is 8.42 Å². The summed E-state index contributed by atoms with van der Waals surface area (Å²) in [5.74, 6) is 0.554. The number of hydrogen-bond acceptors (Lipinski definition) is 4. The Bertz CT molecular complexity index is 715. The normalized spacial score (nSPS) is 11.6. The average molecular weight is 427 g/mol. The van der Waals surface area contributed by atoms with Gasteiger partial charge in [-0.3, -0.25) is 4.72 Å². The molecule has 0 saturated carbocycles. The van der Waals surface area contributed by atoms with Gasteiger partial charge in [-0.2, -0.15) is 8.42 Å². The number of benzene rings is 1. The zero-order valence-electron chi connectivity index (χ0n) is 10.5. The predicted molar refractivity (Wildman–Crippen MR) is 86.4 cm³/mol. The van der Waals surface area contributed by atoms with Gasteiger partial charge in [0.1, 0.15) is 5.76 Å². The highest BCUT2D eigenvalue weighted by Gasteiger charge is 2.19. The van der Waals surface area contributed by atoms with Crippen LogP contribution in [-0.2, 0) is 16.6 Å². The molecule has 0 amide bonds. The van der Waals surface area contributed by atoms with E-state index in [0.29, 0.717) is 26.6 Å². The first-order valence-electron chi connectivity index (χ1n) is 5.63. The van der Waals surface area contributed by atoms with Crippen molar-refractivity contribution in [3.63, 3.8) is 0 Å². The molecular weight excluding hydrogens is 415 g/mol. The molecule has 5 nitrogen and oxygen atoms in total. The van der Waals surface area contributed by atoms with E-state index in [-0.39, 0.29) is 5.09 Å². The number of halogens is 2. The fourth-order valence-electron chi connectivity index (χ4n) is 1.54. The van der Waals surface area contributed by atoms with E-state index in [4.69, 9.17) is 16.0 Å². The van der Waals surface area contributed by atoms with Gasteiger partial charge >= 0.3 is 0 Å². The molecule has 0 spiro atoms. The van der Waals surface area contributed by atoms with Gasteiger partial charge in [0.25, 0.3) is 10.0 Å². The molecule has 1 aromatic carbocycles. The van der Waals surface area contributed by atoms with Crippen molar-refractivity contribution in [1.82, 2.24) is 5.32 Å². The second-order valence-electron chi connectivity index (χ2n) is 3.98. The highest BCUT2D eigenvalue weighted by Crippen LogP contribution is 2.25. The van der Waals surface area contributed by atoms with Crippen molar-refractivity contribution in [2.45, 2.75) is 11.6 Å². The smallest absolute Gasteiger partial charge is 0.295 e. The summed E-state index contributed by atoms with van der Waals surface area (Å²) in [6, 6.07) is 7.96. The van der Waals surface area contributed by atoms with Crippen LogP contribution in [0.25, 0.3) is 0 Å². The van der Waals surface area contributed by atoms with Gasteiger partial charge in [0, 0.05) is 8.59 Å². The van der Waals surface area contributed by atoms with Crippen molar-refractivity contribution in [1.29, 1.82) is 0 Å². The van der Waals surface area contributed by atoms with Crippen LogP contribution in [-0.4, -0.2) is 15.5 Å². The molecule has 0 radical (unpaired) electrons. The highest BCUT2D eigenvalue weighted by molar-refractivity contribution is 14.1. The molecule has 0 bridgehead atoms. The van der Waals surface area contributed by atoms with Crippen LogP contribution in [0.4, 0.5) is 5.69 Å². The molecule has 1 aromatic heterocycles. The lowest BCUT2D eigenvalue weighted by Crippen LogP contribution is -2.13. The van der Waals surface area contributed by atoms with Crippen LogP contribution in [0.15, 0.2) is 39.8 Å². The predicted octanol–water partition coefficient (Wildman–Crippen LogP) is 3.06. The van der Waals surface area contributed by atoms with Crippen molar-refractivity contribution in [2.75, 3.05) is 11.8 Å². The van der Waals surface area contributed by atoms with Crippen molar-refractivity contribution < 1.29 is 12.8 Å². The summed E-state index contributed by atoms with van der Waals surface area (Å²) in [6.07, 6.45) is 0. The largest absolute Gasteiger partial charge is 0.446 e. The fraction of sp³-hybridized carbons (Fsp3) is 0.167. The number of anilines is 1. The van der Waals surface area contributed by atoms with Gasteiger partial charge in [-0.05, 0) is 60.0 Å². The number of hydrogen-bond donors (Lipinski definition) is 2. The van der Waals surface area contributed by atoms with E-state index in [1.54, 1.807) is 31.3 Å². The molecular formula is C12H12ClIN2O3S. The lowest BCUT2D eigenvalue weighted by Gasteiger charge is -2.08. The molecule has 0 saturated heterocycles. The Morgan fingerprint density at radius 2 is 2.05 bits per heavy atom. The monoisotopic (exact) mass is 426 g/mol. The van der Waals surface area contributed by atoms with Gasteiger partial charge in [-0.1, -0.05) is 11.6 Å². The fourth-order valence-corrected chi connectivity index (χ4v) is 3.76. The SMILES string of the molecule is CNCc1ccc(S(=O)(=O)Nc2ccc(Cl)cc2I)o1. The molecule has 0 aliphatic carbocycles. The van der Waals surface area contributed by atoms with Gasteiger partial charge < -0.3 is 9.73 Å². The van der Waals surface area contributed by atoms with Crippen molar-refractivity contribution in [2.24, 2.45) is 0 Å². The average Bonchev–Trinajstić information content (AvgIpc) is 2.83. The first kappa shape index (κ1) is 15.6. The highest BCUT2D eigenvalue weighted by atomic mass is 127. The molecule has 2 rings (SSSR count). The number of furan rings is 1. The molecule has 0 unspecified atom stereocenters. The van der Waals surface area contributed by atoms with Crippen LogP contribution < -0.4 is 10.0 Å². The molecule has 0 atom stereocenters. The standard InChI is InChI=1S/C12H12ClIN2O3S/c1-15-7-9-3-5-12(19-9)20(17,18)16-11-4-2-8(13)6-10(11)14/h2-6,15-16H,7H2,1H3. The van der Waals surface area contributed by atoms with Crippen molar-refractivity contribution in [3.8, 4) is 0 Å². The Kier molecular flexibility index (Phi) is 4.95. The summed E-state index contributed by atoms with van der Waals surface area (Å²) in [5, 5.41) is 3.32. The Labute approximate surface area is 135 Å². The first-order chi connectivity index (χ1) is 9.42. The molecule has 8 heteroatoms. The zero-order chi connectivity index (χ0) is 14.8. The number of rotatable bonds is 5. The maximum Gasteiger partial charge on any atom is 0.295 e. The molecule has 0 aliphatic heterocycles. The number of sulfonamides is 1. The van der Waals surface area contributed by atoms with Crippen LogP contribution >= 0.6 is 34.2 Å². The summed E-state index contributed by atoms with van der Waals surface area (Å²) in [6.45, 7) is 0.466. The molecule has 108 valence electrons. The van der Waals surface area contributed by atoms with E-state index < -0.39 is 10.0 Å². The van der Waals surface area contributed by atoms with Crippen LogP contribution in [0.1, 0.15) is 5.76 Å². The summed E-state index contributed by atoms with van der Waals surface area (Å²) < 4.78 is 32.9. The van der Waals surface area contributed by atoms with Crippen molar-refractivity contribution in [3.05, 3.63) is 44.7 Å². The summed E-state index contributed by atoms with van der Waals surface area (Å²) in [7, 11) is -1.98. The first-order valence-corrected chi connectivity index (χ1v) is 8.57. The Morgan fingerprint density at radius 1 is 1.30 bits per heavy atom. The van der Waals surface area contributed by atoms with Gasteiger partial charge in [0.2, 0.25) is 5.09 Å². The van der Waals surface area contributed by atoms with Gasteiger partial charge in [-0.25, -0.2) is 0 Å². The Balaban J connectivity index is 2.26. The maximum absolute atomic E-state index is 12.2. The van der Waals surface area contributed by atoms with Gasteiger partial charge in [0.05, 0.1) is 12.2 Å². The van der Waals surface area contributed by atoms with E-state index >= 15 is 0 Å². The Hall–Kier alpha value is -0.770. The van der Waals surface area contributed by atoms with E-state index in [1.807, 2.05) is 22.6 Å². The molecule has 20 heavy (non-hydrogen) atoms. The quantitative estimate of drug-likeness (QED) is 0.721. The van der Waals surface area contributed by atoms with E-state index in [1.165, 1.54) is 6.07 Å².